The van der Waals surface area contributed by atoms with Gasteiger partial charge in [-0.15, -0.1) is 24.5 Å². The molecule has 1 aromatic heterocycles. The number of halogens is 3. The highest BCUT2D eigenvalue weighted by Gasteiger charge is 2.31. The molecule has 0 amide bonds. The van der Waals surface area contributed by atoms with Crippen molar-refractivity contribution in [2.75, 3.05) is 0 Å². The summed E-state index contributed by atoms with van der Waals surface area (Å²) in [5, 5.41) is 0. The van der Waals surface area contributed by atoms with Crippen LogP contribution in [0.2, 0.25) is 0 Å². The lowest BCUT2D eigenvalue weighted by molar-refractivity contribution is -0.274. The van der Waals surface area contributed by atoms with E-state index in [4.69, 9.17) is 0 Å². The average Bonchev–Trinajstić information content (AvgIpc) is 2.76. The second-order valence-corrected chi connectivity index (χ2v) is 4.88. The van der Waals surface area contributed by atoms with E-state index in [0.29, 0.717) is 10.4 Å². The lowest BCUT2D eigenvalue weighted by Crippen LogP contribution is -2.17. The van der Waals surface area contributed by atoms with Gasteiger partial charge < -0.3 is 4.74 Å². The minimum Gasteiger partial charge on any atom is -0.406 e. The molecule has 0 aliphatic carbocycles. The Balaban J connectivity index is 2.29. The van der Waals surface area contributed by atoms with Gasteiger partial charge in [-0.05, 0) is 36.8 Å². The summed E-state index contributed by atoms with van der Waals surface area (Å²) in [5.41, 5.74) is 0.583. The zero-order chi connectivity index (χ0) is 14.0. The lowest BCUT2D eigenvalue weighted by atomic mass is 10.2. The normalized spacial score (nSPS) is 11.4. The van der Waals surface area contributed by atoms with Gasteiger partial charge >= 0.3 is 6.36 Å². The van der Waals surface area contributed by atoms with Crippen LogP contribution in [0.25, 0.3) is 10.4 Å². The molecule has 0 bridgehead atoms. The molecule has 0 atom stereocenters. The van der Waals surface area contributed by atoms with Crippen molar-refractivity contribution in [3.05, 3.63) is 41.3 Å². The van der Waals surface area contributed by atoms with Gasteiger partial charge in [-0.25, -0.2) is 0 Å². The van der Waals surface area contributed by atoms with Gasteiger partial charge in [-0.1, -0.05) is 12.1 Å². The van der Waals surface area contributed by atoms with Gasteiger partial charge in [0.15, 0.2) is 5.78 Å². The molecule has 0 spiro atoms. The fourth-order valence-electron chi connectivity index (χ4n) is 1.53. The number of carbonyl (C=O) groups excluding carboxylic acids is 1. The summed E-state index contributed by atoms with van der Waals surface area (Å²) in [6.45, 7) is 1.44. The van der Waals surface area contributed by atoms with E-state index in [1.54, 1.807) is 18.2 Å². The topological polar surface area (TPSA) is 26.3 Å². The molecule has 1 heterocycles. The largest absolute Gasteiger partial charge is 0.573 e. The third-order valence-corrected chi connectivity index (χ3v) is 3.54. The lowest BCUT2D eigenvalue weighted by Gasteiger charge is -2.09. The second-order valence-electron chi connectivity index (χ2n) is 3.80. The van der Waals surface area contributed by atoms with Gasteiger partial charge in [0.25, 0.3) is 0 Å². The highest BCUT2D eigenvalue weighted by molar-refractivity contribution is 7.17. The van der Waals surface area contributed by atoms with Gasteiger partial charge in [0, 0.05) is 4.88 Å². The third kappa shape index (κ3) is 3.57. The maximum atomic E-state index is 12.1. The molecule has 2 nitrogen and oxygen atoms in total. The van der Waals surface area contributed by atoms with Crippen molar-refractivity contribution in [2.45, 2.75) is 13.3 Å². The van der Waals surface area contributed by atoms with E-state index in [1.807, 2.05) is 0 Å². The van der Waals surface area contributed by atoms with Crippen LogP contribution in [-0.2, 0) is 0 Å². The van der Waals surface area contributed by atoms with Crippen LogP contribution in [0.15, 0.2) is 36.4 Å². The van der Waals surface area contributed by atoms with Crippen LogP contribution in [0.3, 0.4) is 0 Å². The minimum absolute atomic E-state index is 0.0704. The van der Waals surface area contributed by atoms with Crippen molar-refractivity contribution in [3.63, 3.8) is 0 Å². The van der Waals surface area contributed by atoms with Crippen molar-refractivity contribution in [1.29, 1.82) is 0 Å². The van der Waals surface area contributed by atoms with E-state index in [1.165, 1.54) is 36.5 Å². The van der Waals surface area contributed by atoms with E-state index >= 15 is 0 Å². The number of benzene rings is 1. The standard InChI is InChI=1S/C13H9F3O2S/c1-8(17)11-5-6-12(19-11)9-3-2-4-10(7-9)18-13(14,15)16/h2-7H,1H3. The van der Waals surface area contributed by atoms with Crippen molar-refractivity contribution in [1.82, 2.24) is 0 Å². The number of hydrogen-bond donors (Lipinski definition) is 0. The SMILES string of the molecule is CC(=O)c1ccc(-c2cccc(OC(F)(F)F)c2)s1. The summed E-state index contributed by atoms with van der Waals surface area (Å²) in [7, 11) is 0. The summed E-state index contributed by atoms with van der Waals surface area (Å²) in [6.07, 6.45) is -4.71. The quantitative estimate of drug-likeness (QED) is 0.776. The summed E-state index contributed by atoms with van der Waals surface area (Å²) in [4.78, 5) is 12.5. The number of ketones is 1. The van der Waals surface area contributed by atoms with Gasteiger partial charge in [0.05, 0.1) is 4.88 Å². The molecule has 0 radical (unpaired) electrons. The highest BCUT2D eigenvalue weighted by Crippen LogP contribution is 2.32. The minimum atomic E-state index is -4.71. The average molecular weight is 286 g/mol. The highest BCUT2D eigenvalue weighted by atomic mass is 32.1. The van der Waals surface area contributed by atoms with E-state index < -0.39 is 6.36 Å². The van der Waals surface area contributed by atoms with E-state index in [-0.39, 0.29) is 11.5 Å². The maximum absolute atomic E-state index is 12.1. The van der Waals surface area contributed by atoms with Gasteiger partial charge in [0.1, 0.15) is 5.75 Å². The molecule has 100 valence electrons. The molecular formula is C13H9F3O2S. The van der Waals surface area contributed by atoms with Crippen LogP contribution >= 0.6 is 11.3 Å². The van der Waals surface area contributed by atoms with Crippen molar-refractivity contribution >= 4 is 17.1 Å². The van der Waals surface area contributed by atoms with Crippen LogP contribution < -0.4 is 4.74 Å². The fourth-order valence-corrected chi connectivity index (χ4v) is 2.43. The summed E-state index contributed by atoms with van der Waals surface area (Å²) in [5.74, 6) is -0.346. The molecule has 19 heavy (non-hydrogen) atoms. The van der Waals surface area contributed by atoms with Crippen LogP contribution in [-0.4, -0.2) is 12.1 Å². The molecule has 2 aromatic rings. The van der Waals surface area contributed by atoms with Crippen LogP contribution in [0.5, 0.6) is 5.75 Å². The number of rotatable bonds is 3. The van der Waals surface area contributed by atoms with Crippen LogP contribution in [0.4, 0.5) is 13.2 Å². The Morgan fingerprint density at radius 3 is 2.53 bits per heavy atom. The molecule has 0 N–H and O–H groups in total. The van der Waals surface area contributed by atoms with E-state index in [2.05, 4.69) is 4.74 Å². The van der Waals surface area contributed by atoms with E-state index in [9.17, 15) is 18.0 Å². The fraction of sp³-hybridized carbons (Fsp3) is 0.154. The Morgan fingerprint density at radius 2 is 1.95 bits per heavy atom. The number of alkyl halides is 3. The molecule has 0 saturated heterocycles. The maximum Gasteiger partial charge on any atom is 0.573 e. The Morgan fingerprint density at radius 1 is 1.21 bits per heavy atom. The first-order chi connectivity index (χ1) is 8.85. The Hall–Kier alpha value is -1.82. The zero-order valence-electron chi connectivity index (χ0n) is 9.82. The predicted octanol–water partition coefficient (Wildman–Crippen LogP) is 4.52. The molecule has 0 unspecified atom stereocenters. The third-order valence-electron chi connectivity index (χ3n) is 2.31. The van der Waals surface area contributed by atoms with Crippen LogP contribution in [0, 0.1) is 0 Å². The first kappa shape index (κ1) is 13.6. The van der Waals surface area contributed by atoms with Gasteiger partial charge in [-0.3, -0.25) is 4.79 Å². The Bertz CT molecular complexity index is 602. The first-order valence-corrected chi connectivity index (χ1v) is 6.14. The van der Waals surface area contributed by atoms with E-state index in [0.717, 1.165) is 4.88 Å². The van der Waals surface area contributed by atoms with Gasteiger partial charge in [-0.2, -0.15) is 0 Å². The summed E-state index contributed by atoms with van der Waals surface area (Å²) < 4.78 is 40.2. The first-order valence-electron chi connectivity index (χ1n) is 5.32. The molecule has 1 aromatic carbocycles. The van der Waals surface area contributed by atoms with Crippen molar-refractivity contribution in [2.24, 2.45) is 0 Å². The van der Waals surface area contributed by atoms with Crippen molar-refractivity contribution < 1.29 is 22.7 Å². The number of thiophene rings is 1. The monoisotopic (exact) mass is 286 g/mol. The second kappa shape index (κ2) is 5.05. The predicted molar refractivity (Wildman–Crippen MR) is 66.4 cm³/mol. The molecule has 0 saturated carbocycles. The number of ether oxygens (including phenoxy) is 1. The smallest absolute Gasteiger partial charge is 0.406 e. The molecule has 0 aliphatic rings. The van der Waals surface area contributed by atoms with Gasteiger partial charge in [0.2, 0.25) is 0 Å². The number of hydrogen-bond acceptors (Lipinski definition) is 3. The summed E-state index contributed by atoms with van der Waals surface area (Å²) >= 11 is 1.23. The molecule has 2 rings (SSSR count). The molecule has 0 aliphatic heterocycles. The molecule has 6 heteroatoms. The molecule has 0 fully saturated rings. The molecular weight excluding hydrogens is 277 g/mol. The zero-order valence-corrected chi connectivity index (χ0v) is 10.6. The Labute approximate surface area is 111 Å². The number of Topliss-reactive ketones (excluding diaryl/α,β-unsaturated/α-hetero) is 1. The Kier molecular flexibility index (Phi) is 3.61. The van der Waals surface area contributed by atoms with Crippen LogP contribution in [0.1, 0.15) is 16.6 Å². The van der Waals surface area contributed by atoms with Crippen molar-refractivity contribution in [3.8, 4) is 16.2 Å². The summed E-state index contributed by atoms with van der Waals surface area (Å²) in [6, 6.07) is 9.02. The number of carbonyl (C=O) groups is 1.